The molecular formula is C18H21N5O2S. The number of hydrogen-bond acceptors (Lipinski definition) is 6. The molecule has 1 aromatic carbocycles. The minimum absolute atomic E-state index is 0.0114. The molecule has 3 heterocycles. The fraction of sp³-hybridized carbons (Fsp3) is 0.389. The molecular weight excluding hydrogens is 350 g/mol. The third kappa shape index (κ3) is 3.06. The summed E-state index contributed by atoms with van der Waals surface area (Å²) in [7, 11) is 3.49. The molecule has 0 aliphatic carbocycles. The summed E-state index contributed by atoms with van der Waals surface area (Å²) in [5, 5.41) is 11.6. The number of benzene rings is 1. The largest absolute Gasteiger partial charge is 0.494 e. The van der Waals surface area contributed by atoms with Crippen molar-refractivity contribution < 1.29 is 9.53 Å². The van der Waals surface area contributed by atoms with Crippen LogP contribution in [0.4, 0.5) is 5.69 Å². The lowest BCUT2D eigenvalue weighted by atomic mass is 9.90. The van der Waals surface area contributed by atoms with Crippen molar-refractivity contribution in [3.05, 3.63) is 35.1 Å². The average molecular weight is 371 g/mol. The van der Waals surface area contributed by atoms with Gasteiger partial charge in [-0.15, -0.1) is 11.3 Å². The van der Waals surface area contributed by atoms with Crippen LogP contribution in [-0.4, -0.2) is 40.9 Å². The van der Waals surface area contributed by atoms with Gasteiger partial charge < -0.3 is 15.4 Å². The smallest absolute Gasteiger partial charge is 0.229 e. The summed E-state index contributed by atoms with van der Waals surface area (Å²) in [5.74, 6) is 0.578. The molecule has 4 rings (SSSR count). The number of thiazole rings is 1. The number of carbonyl (C=O) groups is 1. The molecule has 1 saturated heterocycles. The van der Waals surface area contributed by atoms with Crippen LogP contribution in [0, 0.1) is 12.8 Å². The van der Waals surface area contributed by atoms with Gasteiger partial charge in [-0.1, -0.05) is 0 Å². The van der Waals surface area contributed by atoms with Crippen LogP contribution in [0.25, 0.3) is 10.2 Å². The van der Waals surface area contributed by atoms with Crippen LogP contribution >= 0.6 is 11.3 Å². The van der Waals surface area contributed by atoms with Gasteiger partial charge in [0.05, 0.1) is 40.1 Å². The van der Waals surface area contributed by atoms with Gasteiger partial charge in [0.15, 0.2) is 0 Å². The van der Waals surface area contributed by atoms with Crippen molar-refractivity contribution in [3.8, 4) is 5.75 Å². The van der Waals surface area contributed by atoms with Gasteiger partial charge in [-0.2, -0.15) is 5.10 Å². The monoisotopic (exact) mass is 371 g/mol. The van der Waals surface area contributed by atoms with Crippen LogP contribution < -0.4 is 15.4 Å². The van der Waals surface area contributed by atoms with Gasteiger partial charge in [0.25, 0.3) is 0 Å². The number of nitrogens with zero attached hydrogens (tertiary/aromatic N) is 3. The first-order chi connectivity index (χ1) is 12.5. The first kappa shape index (κ1) is 17.0. The van der Waals surface area contributed by atoms with Crippen molar-refractivity contribution in [2.24, 2.45) is 13.0 Å². The van der Waals surface area contributed by atoms with Crippen LogP contribution in [-0.2, 0) is 11.8 Å². The highest BCUT2D eigenvalue weighted by molar-refractivity contribution is 7.18. The number of fused-ring (bicyclic) bond motifs is 1. The SMILES string of the molecule is COc1cc2nc(C)sc2cc1NC(=O)[C@H]1CNC[C@@H]1c1cnn(C)c1. The lowest BCUT2D eigenvalue weighted by Crippen LogP contribution is -2.28. The van der Waals surface area contributed by atoms with Crippen molar-refractivity contribution in [2.45, 2.75) is 12.8 Å². The number of aromatic nitrogens is 3. The molecule has 0 spiro atoms. The van der Waals surface area contributed by atoms with E-state index in [0.29, 0.717) is 18.0 Å². The van der Waals surface area contributed by atoms with Gasteiger partial charge in [-0.05, 0) is 18.6 Å². The maximum atomic E-state index is 13.0. The summed E-state index contributed by atoms with van der Waals surface area (Å²) < 4.78 is 8.27. The van der Waals surface area contributed by atoms with Crippen molar-refractivity contribution in [1.82, 2.24) is 20.1 Å². The molecule has 1 aliphatic rings. The highest BCUT2D eigenvalue weighted by Crippen LogP contribution is 2.35. The van der Waals surface area contributed by atoms with E-state index >= 15 is 0 Å². The zero-order chi connectivity index (χ0) is 18.3. The standard InChI is InChI=1S/C18H21N5O2S/c1-10-21-15-4-16(25-3)14(5-17(15)26-10)22-18(24)13-8-19-7-12(13)11-6-20-23(2)9-11/h4-6,9,12-13,19H,7-8H2,1-3H3,(H,22,24)/t12-,13+/m1/s1. The van der Waals surface area contributed by atoms with Gasteiger partial charge in [0, 0.05) is 38.3 Å². The summed E-state index contributed by atoms with van der Waals surface area (Å²) in [6.07, 6.45) is 3.81. The summed E-state index contributed by atoms with van der Waals surface area (Å²) in [5.41, 5.74) is 2.65. The Morgan fingerprint density at radius 3 is 3.00 bits per heavy atom. The Bertz CT molecular complexity index is 964. The minimum Gasteiger partial charge on any atom is -0.494 e. The number of ether oxygens (including phenoxy) is 1. The first-order valence-electron chi connectivity index (χ1n) is 8.50. The van der Waals surface area contributed by atoms with Gasteiger partial charge in [0.1, 0.15) is 5.75 Å². The Kier molecular flexibility index (Phi) is 4.37. The normalized spacial score (nSPS) is 19.8. The van der Waals surface area contributed by atoms with Crippen LogP contribution in [0.5, 0.6) is 5.75 Å². The molecule has 3 aromatic rings. The molecule has 1 fully saturated rings. The molecule has 7 nitrogen and oxygen atoms in total. The van der Waals surface area contributed by atoms with Crippen LogP contribution in [0.1, 0.15) is 16.5 Å². The Morgan fingerprint density at radius 2 is 2.27 bits per heavy atom. The van der Waals surface area contributed by atoms with Gasteiger partial charge in [-0.25, -0.2) is 4.98 Å². The lowest BCUT2D eigenvalue weighted by Gasteiger charge is -2.18. The second kappa shape index (κ2) is 6.69. The number of hydrogen-bond donors (Lipinski definition) is 2. The molecule has 136 valence electrons. The predicted octanol–water partition coefficient (Wildman–Crippen LogP) is 2.29. The van der Waals surface area contributed by atoms with Crippen LogP contribution in [0.15, 0.2) is 24.5 Å². The lowest BCUT2D eigenvalue weighted by molar-refractivity contribution is -0.119. The van der Waals surface area contributed by atoms with E-state index < -0.39 is 0 Å². The molecule has 0 saturated carbocycles. The molecule has 2 atom stereocenters. The maximum Gasteiger partial charge on any atom is 0.229 e. The van der Waals surface area contributed by atoms with E-state index in [1.54, 1.807) is 23.1 Å². The van der Waals surface area contributed by atoms with E-state index in [-0.39, 0.29) is 17.7 Å². The minimum atomic E-state index is -0.150. The fourth-order valence-corrected chi connectivity index (χ4v) is 4.35. The number of methoxy groups -OCH3 is 1. The quantitative estimate of drug-likeness (QED) is 0.735. The number of nitrogens with one attached hydrogen (secondary N) is 2. The van der Waals surface area contributed by atoms with E-state index in [4.69, 9.17) is 4.74 Å². The zero-order valence-electron chi connectivity index (χ0n) is 14.9. The van der Waals surface area contributed by atoms with E-state index in [1.807, 2.05) is 38.5 Å². The summed E-state index contributed by atoms with van der Waals surface area (Å²) in [4.78, 5) is 17.4. The summed E-state index contributed by atoms with van der Waals surface area (Å²) in [6, 6.07) is 3.82. The topological polar surface area (TPSA) is 81.1 Å². The van der Waals surface area contributed by atoms with Gasteiger partial charge in [0.2, 0.25) is 5.91 Å². The Morgan fingerprint density at radius 1 is 1.42 bits per heavy atom. The van der Waals surface area contributed by atoms with E-state index in [2.05, 4.69) is 20.7 Å². The predicted molar refractivity (Wildman–Crippen MR) is 102 cm³/mol. The molecule has 0 unspecified atom stereocenters. The molecule has 0 radical (unpaired) electrons. The number of aryl methyl sites for hydroxylation is 2. The highest BCUT2D eigenvalue weighted by atomic mass is 32.1. The Balaban J connectivity index is 1.60. The maximum absolute atomic E-state index is 13.0. The van der Waals surface area contributed by atoms with E-state index in [9.17, 15) is 4.79 Å². The van der Waals surface area contributed by atoms with Crippen LogP contribution in [0.3, 0.4) is 0 Å². The third-order valence-corrected chi connectivity index (χ3v) is 5.71. The second-order valence-corrected chi connectivity index (χ2v) is 7.80. The van der Waals surface area contributed by atoms with Crippen molar-refractivity contribution >= 4 is 33.1 Å². The first-order valence-corrected chi connectivity index (χ1v) is 9.32. The molecule has 8 heteroatoms. The van der Waals surface area contributed by atoms with E-state index in [0.717, 1.165) is 27.3 Å². The van der Waals surface area contributed by atoms with Crippen molar-refractivity contribution in [1.29, 1.82) is 0 Å². The zero-order valence-corrected chi connectivity index (χ0v) is 15.8. The molecule has 26 heavy (non-hydrogen) atoms. The van der Waals surface area contributed by atoms with Crippen molar-refractivity contribution in [3.63, 3.8) is 0 Å². The molecule has 2 aromatic heterocycles. The van der Waals surface area contributed by atoms with Crippen LogP contribution in [0.2, 0.25) is 0 Å². The Hall–Kier alpha value is -2.45. The molecule has 1 aliphatic heterocycles. The summed E-state index contributed by atoms with van der Waals surface area (Å²) >= 11 is 1.60. The summed E-state index contributed by atoms with van der Waals surface area (Å²) in [6.45, 7) is 3.39. The number of carbonyl (C=O) groups excluding carboxylic acids is 1. The highest BCUT2D eigenvalue weighted by Gasteiger charge is 2.35. The average Bonchev–Trinajstić information content (AvgIpc) is 3.32. The van der Waals surface area contributed by atoms with Crippen molar-refractivity contribution in [2.75, 3.05) is 25.5 Å². The number of amides is 1. The molecule has 2 N–H and O–H groups in total. The molecule has 0 bridgehead atoms. The van der Waals surface area contributed by atoms with E-state index in [1.165, 1.54) is 0 Å². The number of rotatable bonds is 4. The molecule has 1 amide bonds. The second-order valence-electron chi connectivity index (χ2n) is 6.56. The van der Waals surface area contributed by atoms with Gasteiger partial charge in [-0.3, -0.25) is 9.48 Å². The Labute approximate surface area is 155 Å². The van der Waals surface area contributed by atoms with Gasteiger partial charge >= 0.3 is 0 Å². The fourth-order valence-electron chi connectivity index (χ4n) is 3.50. The number of anilines is 1. The third-order valence-electron chi connectivity index (χ3n) is 4.78.